The van der Waals surface area contributed by atoms with Crippen LogP contribution in [0.3, 0.4) is 0 Å². The zero-order valence-electron chi connectivity index (χ0n) is 15.1. The van der Waals surface area contributed by atoms with Crippen molar-refractivity contribution in [1.82, 2.24) is 9.88 Å². The molecule has 0 saturated carbocycles. The molecule has 0 radical (unpaired) electrons. The molecule has 0 saturated heterocycles. The minimum Gasteiger partial charge on any atom is -0.444 e. The first-order valence-electron chi connectivity index (χ1n) is 8.33. The monoisotopic (exact) mass is 380 g/mol. The standard InChI is InChI=1S/C19H19F3N2O3/c1-18(2,3)27-17(25)24-10-13-7-6-12(9-14(13)11-24)15-5-4-8-23-16(15)26-19(20,21)22/h4-9H,10-11H2,1-3H3. The Morgan fingerprint density at radius 3 is 2.48 bits per heavy atom. The Morgan fingerprint density at radius 2 is 1.81 bits per heavy atom. The summed E-state index contributed by atoms with van der Waals surface area (Å²) in [6.07, 6.45) is -4.02. The Balaban J connectivity index is 1.84. The summed E-state index contributed by atoms with van der Waals surface area (Å²) >= 11 is 0. The molecule has 0 fully saturated rings. The molecule has 0 unspecified atom stereocenters. The van der Waals surface area contributed by atoms with Gasteiger partial charge in [-0.05, 0) is 55.7 Å². The van der Waals surface area contributed by atoms with Crippen molar-refractivity contribution in [2.45, 2.75) is 45.8 Å². The molecule has 1 aromatic heterocycles. The molecule has 1 aliphatic heterocycles. The van der Waals surface area contributed by atoms with Gasteiger partial charge in [-0.2, -0.15) is 0 Å². The Kier molecular flexibility index (Phi) is 4.75. The summed E-state index contributed by atoms with van der Waals surface area (Å²) < 4.78 is 47.2. The van der Waals surface area contributed by atoms with Gasteiger partial charge in [-0.3, -0.25) is 4.90 Å². The fraction of sp³-hybridized carbons (Fsp3) is 0.368. The van der Waals surface area contributed by atoms with E-state index < -0.39 is 23.9 Å². The molecular weight excluding hydrogens is 361 g/mol. The third-order valence-electron chi connectivity index (χ3n) is 3.87. The van der Waals surface area contributed by atoms with Crippen molar-refractivity contribution in [2.75, 3.05) is 0 Å². The molecule has 2 aromatic rings. The number of hydrogen-bond acceptors (Lipinski definition) is 4. The van der Waals surface area contributed by atoms with Gasteiger partial charge in [-0.15, -0.1) is 13.2 Å². The van der Waals surface area contributed by atoms with E-state index in [0.29, 0.717) is 18.7 Å². The largest absolute Gasteiger partial charge is 0.574 e. The van der Waals surface area contributed by atoms with E-state index in [1.54, 1.807) is 49.9 Å². The van der Waals surface area contributed by atoms with Crippen LogP contribution >= 0.6 is 0 Å². The average molecular weight is 380 g/mol. The summed E-state index contributed by atoms with van der Waals surface area (Å²) in [5, 5.41) is 0. The lowest BCUT2D eigenvalue weighted by Gasteiger charge is -2.24. The normalized spacial score (nSPS) is 14.1. The third-order valence-corrected chi connectivity index (χ3v) is 3.87. The van der Waals surface area contributed by atoms with Gasteiger partial charge in [0.1, 0.15) is 5.60 Å². The predicted molar refractivity (Wildman–Crippen MR) is 91.8 cm³/mol. The van der Waals surface area contributed by atoms with Crippen LogP contribution in [0.1, 0.15) is 31.9 Å². The van der Waals surface area contributed by atoms with Crippen LogP contribution in [-0.4, -0.2) is 27.9 Å². The molecule has 1 amide bonds. The van der Waals surface area contributed by atoms with Crippen molar-refractivity contribution in [3.05, 3.63) is 47.7 Å². The van der Waals surface area contributed by atoms with E-state index in [1.807, 2.05) is 0 Å². The van der Waals surface area contributed by atoms with Crippen LogP contribution in [0.5, 0.6) is 5.88 Å². The quantitative estimate of drug-likeness (QED) is 0.744. The Labute approximate surface area is 154 Å². The summed E-state index contributed by atoms with van der Waals surface area (Å²) in [7, 11) is 0. The number of halogens is 3. The summed E-state index contributed by atoms with van der Waals surface area (Å²) in [6.45, 7) is 6.09. The van der Waals surface area contributed by atoms with Gasteiger partial charge in [0, 0.05) is 24.8 Å². The SMILES string of the molecule is CC(C)(C)OC(=O)N1Cc2ccc(-c3cccnc3OC(F)(F)F)cc2C1. The molecule has 3 rings (SSSR count). The van der Waals surface area contributed by atoms with Crippen LogP contribution in [0.25, 0.3) is 11.1 Å². The van der Waals surface area contributed by atoms with E-state index in [2.05, 4.69) is 9.72 Å². The smallest absolute Gasteiger partial charge is 0.444 e. The third kappa shape index (κ3) is 4.69. The van der Waals surface area contributed by atoms with Gasteiger partial charge in [0.05, 0.1) is 0 Å². The maximum Gasteiger partial charge on any atom is 0.574 e. The van der Waals surface area contributed by atoms with Gasteiger partial charge in [-0.25, -0.2) is 9.78 Å². The maximum absolute atomic E-state index is 12.6. The van der Waals surface area contributed by atoms with Crippen molar-refractivity contribution in [1.29, 1.82) is 0 Å². The van der Waals surface area contributed by atoms with E-state index in [-0.39, 0.29) is 5.56 Å². The molecule has 0 bridgehead atoms. The van der Waals surface area contributed by atoms with Crippen LogP contribution in [0.2, 0.25) is 0 Å². The highest BCUT2D eigenvalue weighted by atomic mass is 19.4. The summed E-state index contributed by atoms with van der Waals surface area (Å²) in [4.78, 5) is 17.5. The van der Waals surface area contributed by atoms with Gasteiger partial charge in [0.25, 0.3) is 0 Å². The van der Waals surface area contributed by atoms with Crippen molar-refractivity contribution >= 4 is 6.09 Å². The second kappa shape index (κ2) is 6.75. The second-order valence-electron chi connectivity index (χ2n) is 7.22. The highest BCUT2D eigenvalue weighted by molar-refractivity contribution is 5.72. The first-order valence-corrected chi connectivity index (χ1v) is 8.33. The first-order chi connectivity index (χ1) is 12.5. The van der Waals surface area contributed by atoms with Gasteiger partial charge in [0.15, 0.2) is 0 Å². The minimum atomic E-state index is -4.83. The molecule has 27 heavy (non-hydrogen) atoms. The first kappa shape index (κ1) is 19.0. The van der Waals surface area contributed by atoms with E-state index in [9.17, 15) is 18.0 Å². The van der Waals surface area contributed by atoms with Gasteiger partial charge < -0.3 is 9.47 Å². The van der Waals surface area contributed by atoms with Gasteiger partial charge >= 0.3 is 12.5 Å². The topological polar surface area (TPSA) is 51.7 Å². The van der Waals surface area contributed by atoms with Crippen LogP contribution in [0, 0.1) is 0 Å². The zero-order valence-corrected chi connectivity index (χ0v) is 15.1. The van der Waals surface area contributed by atoms with Gasteiger partial charge in [-0.1, -0.05) is 12.1 Å². The van der Waals surface area contributed by atoms with E-state index in [1.165, 1.54) is 12.3 Å². The number of aromatic nitrogens is 1. The number of carbonyl (C=O) groups is 1. The summed E-state index contributed by atoms with van der Waals surface area (Å²) in [6, 6.07) is 8.28. The minimum absolute atomic E-state index is 0.230. The molecule has 0 N–H and O–H groups in total. The van der Waals surface area contributed by atoms with Crippen LogP contribution in [-0.2, 0) is 17.8 Å². The average Bonchev–Trinajstić information content (AvgIpc) is 2.95. The van der Waals surface area contributed by atoms with Crippen molar-refractivity contribution < 1.29 is 27.4 Å². The predicted octanol–water partition coefficient (Wildman–Crippen LogP) is 4.90. The van der Waals surface area contributed by atoms with Crippen molar-refractivity contribution in [2.24, 2.45) is 0 Å². The van der Waals surface area contributed by atoms with Crippen molar-refractivity contribution in [3.63, 3.8) is 0 Å². The number of rotatable bonds is 2. The Morgan fingerprint density at radius 1 is 1.11 bits per heavy atom. The Hall–Kier alpha value is -2.77. The maximum atomic E-state index is 12.6. The van der Waals surface area contributed by atoms with E-state index in [0.717, 1.165) is 11.1 Å². The lowest BCUT2D eigenvalue weighted by Crippen LogP contribution is -2.33. The number of amides is 1. The van der Waals surface area contributed by atoms with Gasteiger partial charge in [0.2, 0.25) is 5.88 Å². The van der Waals surface area contributed by atoms with Crippen molar-refractivity contribution in [3.8, 4) is 17.0 Å². The van der Waals surface area contributed by atoms with Crippen LogP contribution in [0.4, 0.5) is 18.0 Å². The molecule has 2 heterocycles. The Bertz CT molecular complexity index is 860. The molecular formula is C19H19F3N2O3. The number of benzene rings is 1. The zero-order chi connectivity index (χ0) is 19.8. The number of ether oxygens (including phenoxy) is 2. The molecule has 0 spiro atoms. The molecule has 144 valence electrons. The lowest BCUT2D eigenvalue weighted by atomic mass is 10.0. The number of carbonyl (C=O) groups excluding carboxylic acids is 1. The van der Waals surface area contributed by atoms with E-state index >= 15 is 0 Å². The molecule has 0 atom stereocenters. The summed E-state index contributed by atoms with van der Waals surface area (Å²) in [5.74, 6) is -0.507. The number of fused-ring (bicyclic) bond motifs is 1. The van der Waals surface area contributed by atoms with Crippen LogP contribution in [0.15, 0.2) is 36.5 Å². The molecule has 5 nitrogen and oxygen atoms in total. The molecule has 1 aromatic carbocycles. The second-order valence-corrected chi connectivity index (χ2v) is 7.22. The number of hydrogen-bond donors (Lipinski definition) is 0. The fourth-order valence-electron chi connectivity index (χ4n) is 2.82. The number of nitrogens with zero attached hydrogens (tertiary/aromatic N) is 2. The lowest BCUT2D eigenvalue weighted by molar-refractivity contribution is -0.275. The highest BCUT2D eigenvalue weighted by Gasteiger charge is 2.33. The number of pyridine rings is 1. The van der Waals surface area contributed by atoms with E-state index in [4.69, 9.17) is 4.74 Å². The summed E-state index contributed by atoms with van der Waals surface area (Å²) in [5.41, 5.74) is 1.93. The molecule has 1 aliphatic rings. The molecule has 8 heteroatoms. The molecule has 0 aliphatic carbocycles. The fourth-order valence-corrected chi connectivity index (χ4v) is 2.82. The van der Waals surface area contributed by atoms with Crippen LogP contribution < -0.4 is 4.74 Å². The highest BCUT2D eigenvalue weighted by Crippen LogP contribution is 2.34. The number of alkyl halides is 3.